The standard InChI is InChI=1S/C14H12N2.2BFH2O2/c1-9-7-8-13-14(10(9)2)16-12-6-4-3-5-11(12)15-13;2*2-1(3)4/h3-8H,1-2H3;2*3-4H. The first-order chi connectivity index (χ1) is 11.2. The number of hydrogen-bond acceptors (Lipinski definition) is 6. The summed E-state index contributed by atoms with van der Waals surface area (Å²) >= 11 is 0. The molecule has 0 radical (unpaired) electrons. The van der Waals surface area contributed by atoms with Gasteiger partial charge >= 0.3 is 14.8 Å². The zero-order valence-corrected chi connectivity index (χ0v) is 13.1. The lowest BCUT2D eigenvalue weighted by molar-refractivity contribution is 0.338. The Balaban J connectivity index is 0.000000306. The van der Waals surface area contributed by atoms with Crippen LogP contribution in [0.15, 0.2) is 36.4 Å². The summed E-state index contributed by atoms with van der Waals surface area (Å²) in [7, 11) is -5.33. The molecule has 3 rings (SSSR count). The van der Waals surface area contributed by atoms with Crippen LogP contribution in [-0.4, -0.2) is 44.9 Å². The van der Waals surface area contributed by atoms with Crippen LogP contribution in [0.3, 0.4) is 0 Å². The van der Waals surface area contributed by atoms with E-state index in [0.29, 0.717) is 0 Å². The van der Waals surface area contributed by atoms with E-state index in [2.05, 4.69) is 29.9 Å². The van der Waals surface area contributed by atoms with Crippen LogP contribution in [0.4, 0.5) is 8.63 Å². The van der Waals surface area contributed by atoms with E-state index in [1.165, 1.54) is 11.1 Å². The van der Waals surface area contributed by atoms with Crippen LogP contribution >= 0.6 is 0 Å². The molecule has 1 heterocycles. The molecule has 126 valence electrons. The predicted octanol–water partition coefficient (Wildman–Crippen LogP) is 1.25. The lowest BCUT2D eigenvalue weighted by Gasteiger charge is -2.05. The lowest BCUT2D eigenvalue weighted by atomic mass is 10.1. The highest BCUT2D eigenvalue weighted by Crippen LogP contribution is 2.20. The Morgan fingerprint density at radius 1 is 0.750 bits per heavy atom. The van der Waals surface area contributed by atoms with E-state index in [0.717, 1.165) is 22.1 Å². The van der Waals surface area contributed by atoms with E-state index in [-0.39, 0.29) is 0 Å². The second kappa shape index (κ2) is 9.24. The molecule has 0 fully saturated rings. The van der Waals surface area contributed by atoms with Gasteiger partial charge in [0.2, 0.25) is 0 Å². The van der Waals surface area contributed by atoms with Crippen LogP contribution in [0, 0.1) is 13.8 Å². The summed E-state index contributed by atoms with van der Waals surface area (Å²) in [5.74, 6) is 0. The minimum Gasteiger partial charge on any atom is -0.398 e. The van der Waals surface area contributed by atoms with Crippen LogP contribution in [0.5, 0.6) is 0 Å². The molecule has 24 heavy (non-hydrogen) atoms. The third-order valence-corrected chi connectivity index (χ3v) is 3.04. The molecule has 0 spiro atoms. The van der Waals surface area contributed by atoms with Crippen LogP contribution in [0.1, 0.15) is 11.1 Å². The lowest BCUT2D eigenvalue weighted by Crippen LogP contribution is -1.98. The van der Waals surface area contributed by atoms with Gasteiger partial charge in [-0.15, -0.1) is 0 Å². The third-order valence-electron chi connectivity index (χ3n) is 3.04. The molecule has 0 aliphatic heterocycles. The third kappa shape index (κ3) is 6.17. The number of fused-ring (bicyclic) bond motifs is 2. The van der Waals surface area contributed by atoms with Crippen molar-refractivity contribution in [2.24, 2.45) is 0 Å². The van der Waals surface area contributed by atoms with E-state index in [1.54, 1.807) is 0 Å². The maximum atomic E-state index is 10.1. The quantitative estimate of drug-likeness (QED) is 0.364. The van der Waals surface area contributed by atoms with Crippen molar-refractivity contribution in [3.8, 4) is 0 Å². The number of benzene rings is 2. The predicted molar refractivity (Wildman–Crippen MR) is 89.1 cm³/mol. The average molecular weight is 336 g/mol. The topological polar surface area (TPSA) is 107 Å². The highest BCUT2D eigenvalue weighted by atomic mass is 19.1. The Morgan fingerprint density at radius 2 is 1.21 bits per heavy atom. The van der Waals surface area contributed by atoms with Gasteiger partial charge in [0.15, 0.2) is 0 Å². The summed E-state index contributed by atoms with van der Waals surface area (Å²) in [4.78, 5) is 9.29. The van der Waals surface area contributed by atoms with Gasteiger partial charge in [-0.2, -0.15) is 0 Å². The molecule has 2 aromatic carbocycles. The molecule has 0 saturated carbocycles. The van der Waals surface area contributed by atoms with E-state index in [4.69, 9.17) is 20.1 Å². The highest BCUT2D eigenvalue weighted by Gasteiger charge is 2.04. The molecule has 0 atom stereocenters. The normalized spacial score (nSPS) is 9.67. The summed E-state index contributed by atoms with van der Waals surface area (Å²) < 4.78 is 20.2. The van der Waals surface area contributed by atoms with E-state index in [1.807, 2.05) is 30.3 Å². The number of hydrogen-bond donors (Lipinski definition) is 4. The highest BCUT2D eigenvalue weighted by molar-refractivity contribution is 6.31. The first kappa shape index (κ1) is 19.9. The first-order valence-corrected chi connectivity index (χ1v) is 6.85. The SMILES string of the molecule is Cc1ccc2nc3ccccc3nc2c1C.OB(O)F.OB(O)F. The molecular formula is C14H16B2F2N2O4. The van der Waals surface area contributed by atoms with Crippen LogP contribution in [0.2, 0.25) is 0 Å². The first-order valence-electron chi connectivity index (χ1n) is 6.85. The van der Waals surface area contributed by atoms with Crippen molar-refractivity contribution in [1.29, 1.82) is 0 Å². The maximum Gasteiger partial charge on any atom is 0.674 e. The Bertz CT molecular complexity index is 795. The van der Waals surface area contributed by atoms with Crippen molar-refractivity contribution >= 4 is 36.9 Å². The van der Waals surface area contributed by atoms with Gasteiger partial charge in [-0.1, -0.05) is 18.2 Å². The van der Waals surface area contributed by atoms with Gasteiger partial charge in [-0.3, -0.25) is 8.63 Å². The molecular weight excluding hydrogens is 320 g/mol. The van der Waals surface area contributed by atoms with Gasteiger partial charge in [-0.05, 0) is 43.2 Å². The zero-order valence-electron chi connectivity index (χ0n) is 13.1. The molecule has 4 N–H and O–H groups in total. The summed E-state index contributed by atoms with van der Waals surface area (Å²) in [5.41, 5.74) is 6.38. The Hall–Kier alpha value is -2.13. The molecule has 0 bridgehead atoms. The molecule has 0 unspecified atom stereocenters. The van der Waals surface area contributed by atoms with E-state index in [9.17, 15) is 8.63 Å². The number of nitrogens with zero attached hydrogens (tertiary/aromatic N) is 2. The Kier molecular flexibility index (Phi) is 7.66. The minimum absolute atomic E-state index is 0.957. The van der Waals surface area contributed by atoms with Crippen LogP contribution in [0.25, 0.3) is 22.1 Å². The van der Waals surface area contributed by atoms with Crippen molar-refractivity contribution in [3.05, 3.63) is 47.5 Å². The molecule has 10 heteroatoms. The molecule has 3 aromatic rings. The fourth-order valence-corrected chi connectivity index (χ4v) is 1.92. The number of aryl methyl sites for hydroxylation is 2. The summed E-state index contributed by atoms with van der Waals surface area (Å²) in [6.45, 7) is 4.20. The van der Waals surface area contributed by atoms with Crippen molar-refractivity contribution in [3.63, 3.8) is 0 Å². The fraction of sp³-hybridized carbons (Fsp3) is 0.143. The number of aromatic nitrogens is 2. The minimum atomic E-state index is -2.67. The van der Waals surface area contributed by atoms with Crippen LogP contribution < -0.4 is 0 Å². The molecule has 0 aliphatic carbocycles. The van der Waals surface area contributed by atoms with Crippen molar-refractivity contribution in [2.75, 3.05) is 0 Å². The van der Waals surface area contributed by atoms with Gasteiger partial charge in [0.05, 0.1) is 22.1 Å². The maximum absolute atomic E-state index is 10.1. The largest absolute Gasteiger partial charge is 0.674 e. The molecule has 0 saturated heterocycles. The van der Waals surface area contributed by atoms with Gasteiger partial charge < -0.3 is 20.1 Å². The summed E-state index contributed by atoms with van der Waals surface area (Å²) in [6, 6.07) is 12.1. The van der Waals surface area contributed by atoms with Crippen molar-refractivity contribution < 1.29 is 28.7 Å². The van der Waals surface area contributed by atoms with E-state index >= 15 is 0 Å². The van der Waals surface area contributed by atoms with Gasteiger partial charge in [0, 0.05) is 0 Å². The molecule has 0 aliphatic rings. The Labute approximate surface area is 137 Å². The smallest absolute Gasteiger partial charge is 0.398 e. The van der Waals surface area contributed by atoms with Crippen molar-refractivity contribution in [2.45, 2.75) is 13.8 Å². The number of rotatable bonds is 0. The average Bonchev–Trinajstić information content (AvgIpc) is 2.49. The van der Waals surface area contributed by atoms with E-state index < -0.39 is 14.8 Å². The zero-order chi connectivity index (χ0) is 18.3. The Morgan fingerprint density at radius 3 is 1.71 bits per heavy atom. The van der Waals surface area contributed by atoms with Gasteiger partial charge in [0.25, 0.3) is 0 Å². The second-order valence-electron chi connectivity index (χ2n) is 4.71. The van der Waals surface area contributed by atoms with Crippen molar-refractivity contribution in [1.82, 2.24) is 9.97 Å². The monoisotopic (exact) mass is 336 g/mol. The molecule has 1 aromatic heterocycles. The summed E-state index contributed by atoms with van der Waals surface area (Å²) in [6.07, 6.45) is 0. The summed E-state index contributed by atoms with van der Waals surface area (Å²) in [5, 5.41) is 27.8. The van der Waals surface area contributed by atoms with Gasteiger partial charge in [0.1, 0.15) is 0 Å². The van der Waals surface area contributed by atoms with Crippen LogP contribution in [-0.2, 0) is 0 Å². The molecule has 6 nitrogen and oxygen atoms in total. The fourth-order valence-electron chi connectivity index (χ4n) is 1.92. The molecule has 0 amide bonds. The second-order valence-corrected chi connectivity index (χ2v) is 4.71. The van der Waals surface area contributed by atoms with Gasteiger partial charge in [-0.25, -0.2) is 9.97 Å². The number of halogens is 2. The number of para-hydroxylation sites is 2.